The van der Waals surface area contributed by atoms with Gasteiger partial charge >= 0.3 is 0 Å². The SMILES string of the molecule is CNCc1n[nH]c2c1CC(C)CC2. The first-order valence-electron chi connectivity index (χ1n) is 5.01. The number of hydrogen-bond donors (Lipinski definition) is 2. The van der Waals surface area contributed by atoms with E-state index in [0.29, 0.717) is 0 Å². The van der Waals surface area contributed by atoms with Crippen LogP contribution in [0.25, 0.3) is 0 Å². The Labute approximate surface area is 78.9 Å². The van der Waals surface area contributed by atoms with Crippen LogP contribution in [-0.2, 0) is 19.4 Å². The zero-order chi connectivity index (χ0) is 9.26. The molecule has 1 aliphatic carbocycles. The summed E-state index contributed by atoms with van der Waals surface area (Å²) in [5.74, 6) is 0.820. The number of hydrogen-bond acceptors (Lipinski definition) is 2. The van der Waals surface area contributed by atoms with Crippen molar-refractivity contribution < 1.29 is 0 Å². The minimum Gasteiger partial charge on any atom is -0.314 e. The molecule has 72 valence electrons. The Kier molecular flexibility index (Phi) is 2.36. The third kappa shape index (κ3) is 1.61. The van der Waals surface area contributed by atoms with E-state index in [9.17, 15) is 0 Å². The first-order chi connectivity index (χ1) is 6.31. The fraction of sp³-hybridized carbons (Fsp3) is 0.700. The molecule has 1 aromatic rings. The first-order valence-corrected chi connectivity index (χ1v) is 5.01. The number of fused-ring (bicyclic) bond motifs is 1. The van der Waals surface area contributed by atoms with Gasteiger partial charge in [0.2, 0.25) is 0 Å². The maximum absolute atomic E-state index is 4.33. The van der Waals surface area contributed by atoms with Gasteiger partial charge in [0.05, 0.1) is 5.69 Å². The smallest absolute Gasteiger partial charge is 0.0794 e. The molecule has 1 unspecified atom stereocenters. The molecule has 1 aromatic heterocycles. The topological polar surface area (TPSA) is 40.7 Å². The predicted octanol–water partition coefficient (Wildman–Crippen LogP) is 1.25. The van der Waals surface area contributed by atoms with Gasteiger partial charge in [-0.2, -0.15) is 5.10 Å². The second kappa shape index (κ2) is 3.50. The number of aromatic amines is 1. The number of rotatable bonds is 2. The van der Waals surface area contributed by atoms with Crippen LogP contribution in [0, 0.1) is 5.92 Å². The van der Waals surface area contributed by atoms with Gasteiger partial charge in [-0.25, -0.2) is 0 Å². The highest BCUT2D eigenvalue weighted by Gasteiger charge is 2.20. The van der Waals surface area contributed by atoms with Gasteiger partial charge in [-0.15, -0.1) is 0 Å². The van der Waals surface area contributed by atoms with E-state index >= 15 is 0 Å². The molecule has 0 saturated carbocycles. The fourth-order valence-corrected chi connectivity index (χ4v) is 2.05. The van der Waals surface area contributed by atoms with Gasteiger partial charge in [0.25, 0.3) is 0 Å². The normalized spacial score (nSPS) is 21.5. The molecule has 3 heteroatoms. The summed E-state index contributed by atoms with van der Waals surface area (Å²) in [6.07, 6.45) is 3.67. The first kappa shape index (κ1) is 8.75. The summed E-state index contributed by atoms with van der Waals surface area (Å²) >= 11 is 0. The lowest BCUT2D eigenvalue weighted by Crippen LogP contribution is -2.14. The summed E-state index contributed by atoms with van der Waals surface area (Å²) in [4.78, 5) is 0. The van der Waals surface area contributed by atoms with E-state index in [1.165, 1.54) is 36.2 Å². The van der Waals surface area contributed by atoms with Gasteiger partial charge in [0.1, 0.15) is 0 Å². The van der Waals surface area contributed by atoms with Crippen molar-refractivity contribution in [2.24, 2.45) is 5.92 Å². The maximum atomic E-state index is 4.33. The van der Waals surface area contributed by atoms with Gasteiger partial charge in [0.15, 0.2) is 0 Å². The Morgan fingerprint density at radius 3 is 3.23 bits per heavy atom. The Morgan fingerprint density at radius 2 is 2.46 bits per heavy atom. The van der Waals surface area contributed by atoms with Crippen LogP contribution in [-0.4, -0.2) is 17.2 Å². The molecular formula is C10H17N3. The van der Waals surface area contributed by atoms with Crippen LogP contribution < -0.4 is 5.32 Å². The van der Waals surface area contributed by atoms with Gasteiger partial charge in [-0.3, -0.25) is 5.10 Å². The van der Waals surface area contributed by atoms with Crippen LogP contribution >= 0.6 is 0 Å². The van der Waals surface area contributed by atoms with Gasteiger partial charge in [-0.1, -0.05) is 6.92 Å². The highest BCUT2D eigenvalue weighted by Crippen LogP contribution is 2.25. The Hall–Kier alpha value is -0.830. The highest BCUT2D eigenvalue weighted by atomic mass is 15.1. The Balaban J connectivity index is 2.25. The van der Waals surface area contributed by atoms with Crippen molar-refractivity contribution in [3.8, 4) is 0 Å². The second-order valence-electron chi connectivity index (χ2n) is 4.01. The molecule has 1 heterocycles. The van der Waals surface area contributed by atoms with Crippen LogP contribution in [0.3, 0.4) is 0 Å². The van der Waals surface area contributed by atoms with E-state index in [4.69, 9.17) is 0 Å². The lowest BCUT2D eigenvalue weighted by atomic mass is 9.88. The maximum Gasteiger partial charge on any atom is 0.0794 e. The van der Waals surface area contributed by atoms with Crippen LogP contribution in [0.4, 0.5) is 0 Å². The van der Waals surface area contributed by atoms with E-state index in [0.717, 1.165) is 12.5 Å². The number of aryl methyl sites for hydroxylation is 1. The van der Waals surface area contributed by atoms with Crippen molar-refractivity contribution in [1.82, 2.24) is 15.5 Å². The molecule has 1 aliphatic rings. The third-order valence-corrected chi connectivity index (χ3v) is 2.82. The minimum absolute atomic E-state index is 0.820. The molecule has 13 heavy (non-hydrogen) atoms. The van der Waals surface area contributed by atoms with Gasteiger partial charge in [-0.05, 0) is 37.8 Å². The van der Waals surface area contributed by atoms with E-state index in [-0.39, 0.29) is 0 Å². The molecule has 0 fully saturated rings. The van der Waals surface area contributed by atoms with Crippen LogP contribution in [0.1, 0.15) is 30.3 Å². The highest BCUT2D eigenvalue weighted by molar-refractivity contribution is 5.28. The zero-order valence-corrected chi connectivity index (χ0v) is 8.35. The largest absolute Gasteiger partial charge is 0.314 e. The molecule has 3 nitrogen and oxygen atoms in total. The molecule has 0 aromatic carbocycles. The van der Waals surface area contributed by atoms with Crippen molar-refractivity contribution in [1.29, 1.82) is 0 Å². The summed E-state index contributed by atoms with van der Waals surface area (Å²) in [7, 11) is 1.97. The second-order valence-corrected chi connectivity index (χ2v) is 4.01. The van der Waals surface area contributed by atoms with E-state index < -0.39 is 0 Å². The number of H-pyrrole nitrogens is 1. The van der Waals surface area contributed by atoms with Crippen molar-refractivity contribution in [3.05, 3.63) is 17.0 Å². The minimum atomic E-state index is 0.820. The molecular weight excluding hydrogens is 162 g/mol. The summed E-state index contributed by atoms with van der Waals surface area (Å²) < 4.78 is 0. The van der Waals surface area contributed by atoms with Crippen LogP contribution in [0.15, 0.2) is 0 Å². The zero-order valence-electron chi connectivity index (χ0n) is 8.35. The summed E-state index contributed by atoms with van der Waals surface area (Å²) in [6.45, 7) is 3.21. The van der Waals surface area contributed by atoms with Gasteiger partial charge in [0, 0.05) is 12.2 Å². The molecule has 0 bridgehead atoms. The molecule has 0 radical (unpaired) electrons. The Bertz CT molecular complexity index is 290. The number of nitrogens with one attached hydrogen (secondary N) is 2. The molecule has 2 rings (SSSR count). The van der Waals surface area contributed by atoms with Crippen LogP contribution in [0.2, 0.25) is 0 Å². The molecule has 0 spiro atoms. The quantitative estimate of drug-likeness (QED) is 0.717. The predicted molar refractivity (Wildman–Crippen MR) is 52.5 cm³/mol. The molecule has 0 amide bonds. The average molecular weight is 179 g/mol. The summed E-state index contributed by atoms with van der Waals surface area (Å²) in [5, 5.41) is 10.6. The summed E-state index contributed by atoms with van der Waals surface area (Å²) in [6, 6.07) is 0. The van der Waals surface area contributed by atoms with E-state index in [1.54, 1.807) is 0 Å². The lowest BCUT2D eigenvalue weighted by Gasteiger charge is -2.18. The van der Waals surface area contributed by atoms with Crippen LogP contribution in [0.5, 0.6) is 0 Å². The van der Waals surface area contributed by atoms with E-state index in [2.05, 4.69) is 22.4 Å². The lowest BCUT2D eigenvalue weighted by molar-refractivity contribution is 0.495. The van der Waals surface area contributed by atoms with Crippen molar-refractivity contribution >= 4 is 0 Å². The Morgan fingerprint density at radius 1 is 1.62 bits per heavy atom. The molecule has 0 saturated heterocycles. The number of nitrogens with zero attached hydrogens (tertiary/aromatic N) is 1. The average Bonchev–Trinajstić information content (AvgIpc) is 2.49. The standard InChI is InChI=1S/C10H17N3/c1-7-3-4-9-8(5-7)10(6-11-2)13-12-9/h7,11H,3-6H2,1-2H3,(H,12,13). The fourth-order valence-electron chi connectivity index (χ4n) is 2.05. The van der Waals surface area contributed by atoms with Gasteiger partial charge < -0.3 is 5.32 Å². The molecule has 2 N–H and O–H groups in total. The third-order valence-electron chi connectivity index (χ3n) is 2.82. The number of aromatic nitrogens is 2. The van der Waals surface area contributed by atoms with Crippen molar-refractivity contribution in [3.63, 3.8) is 0 Å². The molecule has 1 atom stereocenters. The van der Waals surface area contributed by atoms with Crippen molar-refractivity contribution in [2.45, 2.75) is 32.7 Å². The molecule has 0 aliphatic heterocycles. The van der Waals surface area contributed by atoms with E-state index in [1.807, 2.05) is 7.05 Å². The van der Waals surface area contributed by atoms with Crippen molar-refractivity contribution in [2.75, 3.05) is 7.05 Å². The summed E-state index contributed by atoms with van der Waals surface area (Å²) in [5.41, 5.74) is 4.04. The monoisotopic (exact) mass is 179 g/mol.